The van der Waals surface area contributed by atoms with E-state index in [0.717, 1.165) is 24.0 Å². The molecule has 0 bridgehead atoms. The molecule has 1 saturated heterocycles. The molecule has 1 aliphatic rings. The third-order valence-electron chi connectivity index (χ3n) is 3.11. The third kappa shape index (κ3) is 1.74. The van der Waals surface area contributed by atoms with Crippen molar-refractivity contribution in [2.24, 2.45) is 13.0 Å². The van der Waals surface area contributed by atoms with Crippen LogP contribution in [0.15, 0.2) is 0 Å². The molecule has 1 aromatic rings. The maximum absolute atomic E-state index is 5.41. The highest BCUT2D eigenvalue weighted by atomic mass is 16.5. The quantitative estimate of drug-likeness (QED) is 0.800. The van der Waals surface area contributed by atoms with Crippen molar-refractivity contribution in [2.75, 3.05) is 13.7 Å². The van der Waals surface area contributed by atoms with Crippen molar-refractivity contribution in [3.8, 4) is 5.88 Å². The van der Waals surface area contributed by atoms with Crippen LogP contribution in [0.3, 0.4) is 0 Å². The van der Waals surface area contributed by atoms with E-state index in [4.69, 9.17) is 4.74 Å². The van der Waals surface area contributed by atoms with Gasteiger partial charge in [0.05, 0.1) is 18.4 Å². The van der Waals surface area contributed by atoms with Crippen molar-refractivity contribution in [1.29, 1.82) is 0 Å². The summed E-state index contributed by atoms with van der Waals surface area (Å²) in [5, 5.41) is 7.92. The van der Waals surface area contributed by atoms with Gasteiger partial charge in [-0.25, -0.2) is 4.68 Å². The van der Waals surface area contributed by atoms with Crippen LogP contribution >= 0.6 is 0 Å². The Morgan fingerprint density at radius 1 is 1.53 bits per heavy atom. The fourth-order valence-electron chi connectivity index (χ4n) is 2.43. The number of hydrogen-bond donors (Lipinski definition) is 1. The number of methoxy groups -OCH3 is 1. The molecule has 1 aliphatic heterocycles. The Hall–Kier alpha value is -1.03. The van der Waals surface area contributed by atoms with Crippen molar-refractivity contribution >= 4 is 0 Å². The molecular weight excluding hydrogens is 190 g/mol. The monoisotopic (exact) mass is 209 g/mol. The summed E-state index contributed by atoms with van der Waals surface area (Å²) >= 11 is 0. The maximum Gasteiger partial charge on any atom is 0.216 e. The van der Waals surface area contributed by atoms with E-state index in [0.29, 0.717) is 6.04 Å². The van der Waals surface area contributed by atoms with Gasteiger partial charge in [-0.15, -0.1) is 0 Å². The first kappa shape index (κ1) is 10.5. The van der Waals surface area contributed by atoms with Gasteiger partial charge in [0.2, 0.25) is 5.88 Å². The molecule has 2 heterocycles. The molecule has 0 spiro atoms. The lowest BCUT2D eigenvalue weighted by molar-refractivity contribution is 0.364. The van der Waals surface area contributed by atoms with E-state index in [1.165, 1.54) is 12.0 Å². The third-order valence-corrected chi connectivity index (χ3v) is 3.11. The van der Waals surface area contributed by atoms with E-state index in [1.54, 1.807) is 7.11 Å². The van der Waals surface area contributed by atoms with E-state index >= 15 is 0 Å². The van der Waals surface area contributed by atoms with Crippen molar-refractivity contribution < 1.29 is 4.74 Å². The Labute approximate surface area is 90.6 Å². The molecule has 0 aromatic carbocycles. The second kappa shape index (κ2) is 3.85. The Morgan fingerprint density at radius 2 is 2.27 bits per heavy atom. The predicted octanol–water partition coefficient (Wildman–Crippen LogP) is 1.41. The molecule has 0 radical (unpaired) electrons. The highest BCUT2D eigenvalue weighted by Crippen LogP contribution is 2.34. The molecule has 84 valence electrons. The van der Waals surface area contributed by atoms with Gasteiger partial charge < -0.3 is 10.1 Å². The zero-order valence-corrected chi connectivity index (χ0v) is 9.87. The largest absolute Gasteiger partial charge is 0.481 e. The highest BCUT2D eigenvalue weighted by molar-refractivity contribution is 5.34. The normalized spacial score (nSPS) is 25.9. The second-order valence-electron chi connectivity index (χ2n) is 4.43. The molecule has 4 heteroatoms. The van der Waals surface area contributed by atoms with E-state index in [2.05, 4.69) is 17.3 Å². The van der Waals surface area contributed by atoms with Gasteiger partial charge in [0.15, 0.2) is 0 Å². The van der Waals surface area contributed by atoms with Gasteiger partial charge >= 0.3 is 0 Å². The van der Waals surface area contributed by atoms with Gasteiger partial charge in [0.25, 0.3) is 0 Å². The molecule has 2 rings (SSSR count). The predicted molar refractivity (Wildman–Crippen MR) is 59.0 cm³/mol. The Bertz CT molecular complexity index is 359. The molecular formula is C11H19N3O. The lowest BCUT2D eigenvalue weighted by Gasteiger charge is -2.11. The van der Waals surface area contributed by atoms with Crippen molar-refractivity contribution in [1.82, 2.24) is 15.1 Å². The van der Waals surface area contributed by atoms with Crippen LogP contribution in [-0.2, 0) is 7.05 Å². The van der Waals surface area contributed by atoms with E-state index < -0.39 is 0 Å². The average Bonchev–Trinajstić information content (AvgIpc) is 2.70. The SMILES string of the molecule is COc1c(C2CC(C)CN2)c(C)nn1C. The van der Waals surface area contributed by atoms with Gasteiger partial charge in [0.1, 0.15) is 0 Å². The zero-order valence-electron chi connectivity index (χ0n) is 9.87. The minimum atomic E-state index is 0.406. The molecule has 15 heavy (non-hydrogen) atoms. The molecule has 1 aromatic heterocycles. The van der Waals surface area contributed by atoms with Gasteiger partial charge in [-0.05, 0) is 25.8 Å². The van der Waals surface area contributed by atoms with Crippen LogP contribution in [0.5, 0.6) is 5.88 Å². The van der Waals surface area contributed by atoms with Crippen LogP contribution in [0.4, 0.5) is 0 Å². The summed E-state index contributed by atoms with van der Waals surface area (Å²) in [6.07, 6.45) is 1.17. The number of rotatable bonds is 2. The summed E-state index contributed by atoms with van der Waals surface area (Å²) in [5.41, 5.74) is 2.30. The van der Waals surface area contributed by atoms with Crippen molar-refractivity contribution in [3.63, 3.8) is 0 Å². The van der Waals surface area contributed by atoms with E-state index in [-0.39, 0.29) is 0 Å². The van der Waals surface area contributed by atoms with E-state index in [9.17, 15) is 0 Å². The summed E-state index contributed by atoms with van der Waals surface area (Å²) in [7, 11) is 3.63. The topological polar surface area (TPSA) is 39.1 Å². The van der Waals surface area contributed by atoms with Crippen LogP contribution in [-0.4, -0.2) is 23.4 Å². The fraction of sp³-hybridized carbons (Fsp3) is 0.727. The Morgan fingerprint density at radius 3 is 2.80 bits per heavy atom. The van der Waals surface area contributed by atoms with Gasteiger partial charge in [0, 0.05) is 13.1 Å². The Kier molecular flexibility index (Phi) is 2.69. The molecule has 0 aliphatic carbocycles. The number of nitrogens with zero attached hydrogens (tertiary/aromatic N) is 2. The summed E-state index contributed by atoms with van der Waals surface area (Å²) < 4.78 is 7.22. The minimum Gasteiger partial charge on any atom is -0.481 e. The number of aromatic nitrogens is 2. The van der Waals surface area contributed by atoms with Crippen LogP contribution in [0.2, 0.25) is 0 Å². The van der Waals surface area contributed by atoms with Crippen LogP contribution < -0.4 is 10.1 Å². The van der Waals surface area contributed by atoms with E-state index in [1.807, 2.05) is 18.7 Å². The van der Waals surface area contributed by atoms with Gasteiger partial charge in [-0.2, -0.15) is 5.10 Å². The summed E-state index contributed by atoms with van der Waals surface area (Å²) in [6, 6.07) is 0.406. The standard InChI is InChI=1S/C11H19N3O/c1-7-5-9(12-6-7)10-8(2)13-14(3)11(10)15-4/h7,9,12H,5-6H2,1-4H3. The molecule has 2 atom stereocenters. The van der Waals surface area contributed by atoms with Crippen LogP contribution in [0, 0.1) is 12.8 Å². The number of ether oxygens (including phenoxy) is 1. The minimum absolute atomic E-state index is 0.406. The lowest BCUT2D eigenvalue weighted by atomic mass is 10.0. The summed E-state index contributed by atoms with van der Waals surface area (Å²) in [5.74, 6) is 1.62. The number of hydrogen-bond acceptors (Lipinski definition) is 3. The first-order valence-electron chi connectivity index (χ1n) is 5.44. The Balaban J connectivity index is 2.34. The van der Waals surface area contributed by atoms with Crippen molar-refractivity contribution in [2.45, 2.75) is 26.3 Å². The number of nitrogens with one attached hydrogen (secondary N) is 1. The smallest absolute Gasteiger partial charge is 0.216 e. The van der Waals surface area contributed by atoms with Gasteiger partial charge in [-0.3, -0.25) is 0 Å². The first-order chi connectivity index (χ1) is 7.13. The number of aryl methyl sites for hydroxylation is 2. The molecule has 1 fully saturated rings. The average molecular weight is 209 g/mol. The van der Waals surface area contributed by atoms with Crippen molar-refractivity contribution in [3.05, 3.63) is 11.3 Å². The summed E-state index contributed by atoms with van der Waals surface area (Å²) in [4.78, 5) is 0. The molecule has 0 saturated carbocycles. The van der Waals surface area contributed by atoms with Gasteiger partial charge in [-0.1, -0.05) is 6.92 Å². The molecule has 1 N–H and O–H groups in total. The maximum atomic E-state index is 5.41. The lowest BCUT2D eigenvalue weighted by Crippen LogP contribution is -2.14. The molecule has 4 nitrogen and oxygen atoms in total. The molecule has 0 amide bonds. The fourth-order valence-corrected chi connectivity index (χ4v) is 2.43. The second-order valence-corrected chi connectivity index (χ2v) is 4.43. The first-order valence-corrected chi connectivity index (χ1v) is 5.44. The van der Waals surface area contributed by atoms with Crippen LogP contribution in [0.25, 0.3) is 0 Å². The summed E-state index contributed by atoms with van der Waals surface area (Å²) in [6.45, 7) is 5.40. The zero-order chi connectivity index (χ0) is 11.0. The molecule has 2 unspecified atom stereocenters. The van der Waals surface area contributed by atoms with Crippen LogP contribution in [0.1, 0.15) is 30.6 Å². The highest BCUT2D eigenvalue weighted by Gasteiger charge is 2.28.